The molecule has 2 aliphatic heterocycles. The average molecular weight is 605 g/mol. The molecule has 1 saturated heterocycles. The van der Waals surface area contributed by atoms with Gasteiger partial charge in [-0.1, -0.05) is 18.2 Å². The number of carboxylic acid groups (broad SMARTS) is 1. The Morgan fingerprint density at radius 2 is 1.76 bits per heavy atom. The summed E-state index contributed by atoms with van der Waals surface area (Å²) in [6.45, 7) is 11.1. The molecule has 0 radical (unpaired) electrons. The van der Waals surface area contributed by atoms with E-state index in [1.165, 1.54) is 5.56 Å². The number of anilines is 1. The fraction of sp³-hybridized carbons (Fsp3) is 0.333. The second-order valence-corrected chi connectivity index (χ2v) is 12.6. The molecule has 9 heteroatoms. The van der Waals surface area contributed by atoms with Crippen LogP contribution in [0, 0.1) is 6.92 Å². The number of fused-ring (bicyclic) bond motifs is 1. The number of aliphatic carboxylic acids is 1. The quantitative estimate of drug-likeness (QED) is 0.231. The summed E-state index contributed by atoms with van der Waals surface area (Å²) in [5.41, 5.74) is 6.23. The zero-order valence-corrected chi connectivity index (χ0v) is 26.0. The Morgan fingerprint density at radius 1 is 0.978 bits per heavy atom. The van der Waals surface area contributed by atoms with Gasteiger partial charge in [0.05, 0.1) is 30.9 Å². The second kappa shape index (κ2) is 11.4. The Morgan fingerprint density at radius 3 is 2.49 bits per heavy atom. The minimum atomic E-state index is -1.19. The molecule has 0 bridgehead atoms. The molecule has 0 spiro atoms. The van der Waals surface area contributed by atoms with Crippen LogP contribution in [-0.2, 0) is 20.7 Å². The van der Waals surface area contributed by atoms with Crippen molar-refractivity contribution in [1.29, 1.82) is 0 Å². The molecule has 230 valence electrons. The van der Waals surface area contributed by atoms with Crippen LogP contribution in [0.15, 0.2) is 61.1 Å². The van der Waals surface area contributed by atoms with Crippen LogP contribution in [0.3, 0.4) is 0 Å². The summed E-state index contributed by atoms with van der Waals surface area (Å²) >= 11 is 0. The maximum absolute atomic E-state index is 12.9. The zero-order valence-electron chi connectivity index (χ0n) is 26.0. The van der Waals surface area contributed by atoms with Crippen molar-refractivity contribution in [2.75, 3.05) is 37.8 Å². The highest BCUT2D eigenvalue weighted by Crippen LogP contribution is 2.45. The number of aryl methyl sites for hydroxylation is 1. The molecular formula is C36H36N4O5. The number of nitrogens with zero attached hydrogens (tertiary/aromatic N) is 4. The molecule has 4 heterocycles. The highest BCUT2D eigenvalue weighted by molar-refractivity contribution is 6.09. The summed E-state index contributed by atoms with van der Waals surface area (Å²) in [5, 5.41) is 13.4. The molecule has 9 nitrogen and oxygen atoms in total. The van der Waals surface area contributed by atoms with Gasteiger partial charge in [0, 0.05) is 60.2 Å². The minimum absolute atomic E-state index is 0.616. The van der Waals surface area contributed by atoms with E-state index >= 15 is 0 Å². The predicted molar refractivity (Wildman–Crippen MR) is 174 cm³/mol. The average Bonchev–Trinajstić information content (AvgIpc) is 3.03. The molecule has 1 unspecified atom stereocenters. The summed E-state index contributed by atoms with van der Waals surface area (Å²) in [5.74, 6) is 0.454. The lowest BCUT2D eigenvalue weighted by Gasteiger charge is -2.29. The minimum Gasteiger partial charge on any atom is -0.493 e. The Balaban J connectivity index is 1.43. The number of benzene rings is 3. The topological polar surface area (TPSA) is 107 Å². The first-order valence-electron chi connectivity index (χ1n) is 15.3. The van der Waals surface area contributed by atoms with E-state index in [1.807, 2.05) is 76.6 Å². The van der Waals surface area contributed by atoms with Crippen molar-refractivity contribution in [1.82, 2.24) is 15.0 Å². The molecule has 1 fully saturated rings. The number of carbonyl (C=O) groups is 1. The first kappa shape index (κ1) is 29.1. The number of carboxylic acids is 1. The molecule has 0 aliphatic carbocycles. The standard InChI is InChI=1S/C36H36N4O5/c1-21-17-24-18-23(25-19-38-35(39-20-25)40-12-15-43-16-13-40)5-6-26(24)31(29(21)33(34(41)42)45-36(2,3)4)27-7-8-28-30-22(10-14-44-28)9-11-37-32(27)30/h5-9,11,17-20,33H,10,12-16H2,1-4H3,(H,41,42). The van der Waals surface area contributed by atoms with Gasteiger partial charge in [0.25, 0.3) is 0 Å². The van der Waals surface area contributed by atoms with Crippen LogP contribution in [0.5, 0.6) is 5.75 Å². The van der Waals surface area contributed by atoms with Crippen molar-refractivity contribution in [2.45, 2.75) is 45.8 Å². The van der Waals surface area contributed by atoms with E-state index in [2.05, 4.69) is 27.0 Å². The summed E-state index contributed by atoms with van der Waals surface area (Å²) in [6, 6.07) is 14.3. The van der Waals surface area contributed by atoms with E-state index in [4.69, 9.17) is 19.2 Å². The van der Waals surface area contributed by atoms with Gasteiger partial charge in [0.2, 0.25) is 5.95 Å². The molecule has 1 N–H and O–H groups in total. The SMILES string of the molecule is Cc1cc2cc(-c3cnc(N4CCOCC4)nc3)ccc2c(-c2ccc3c4c(ccnc24)CCO3)c1C(OC(C)(C)C)C(=O)O. The number of hydrogen-bond donors (Lipinski definition) is 1. The molecule has 0 amide bonds. The lowest BCUT2D eigenvalue weighted by Crippen LogP contribution is -2.37. The Labute approximate surface area is 261 Å². The fourth-order valence-electron chi connectivity index (χ4n) is 6.46. The molecule has 3 aromatic carbocycles. The van der Waals surface area contributed by atoms with Crippen LogP contribution in [0.4, 0.5) is 5.95 Å². The number of hydrogen-bond acceptors (Lipinski definition) is 8. The summed E-state index contributed by atoms with van der Waals surface area (Å²) in [4.78, 5) is 29.1. The molecule has 2 aliphatic rings. The molecule has 7 rings (SSSR count). The monoisotopic (exact) mass is 604 g/mol. The van der Waals surface area contributed by atoms with Crippen LogP contribution < -0.4 is 9.64 Å². The molecule has 45 heavy (non-hydrogen) atoms. The summed E-state index contributed by atoms with van der Waals surface area (Å²) in [6.07, 6.45) is 5.14. The number of morpholine rings is 1. The van der Waals surface area contributed by atoms with Gasteiger partial charge in [-0.15, -0.1) is 0 Å². The van der Waals surface area contributed by atoms with Crippen LogP contribution in [0.2, 0.25) is 0 Å². The first-order valence-corrected chi connectivity index (χ1v) is 15.3. The number of ether oxygens (including phenoxy) is 3. The van der Waals surface area contributed by atoms with E-state index in [-0.39, 0.29) is 0 Å². The third-order valence-corrected chi connectivity index (χ3v) is 8.45. The van der Waals surface area contributed by atoms with Gasteiger partial charge in [-0.3, -0.25) is 4.98 Å². The molecular weight excluding hydrogens is 568 g/mol. The van der Waals surface area contributed by atoms with Gasteiger partial charge < -0.3 is 24.2 Å². The first-order chi connectivity index (χ1) is 21.7. The molecule has 0 saturated carbocycles. The largest absolute Gasteiger partial charge is 0.493 e. The molecule has 5 aromatic rings. The fourth-order valence-corrected chi connectivity index (χ4v) is 6.46. The second-order valence-electron chi connectivity index (χ2n) is 12.6. The van der Waals surface area contributed by atoms with Gasteiger partial charge in [-0.05, 0) is 85.0 Å². The van der Waals surface area contributed by atoms with Gasteiger partial charge in [-0.2, -0.15) is 0 Å². The van der Waals surface area contributed by atoms with E-state index < -0.39 is 17.7 Å². The van der Waals surface area contributed by atoms with Crippen molar-refractivity contribution in [3.63, 3.8) is 0 Å². The number of aromatic nitrogens is 3. The lowest BCUT2D eigenvalue weighted by atomic mass is 9.85. The Bertz CT molecular complexity index is 1920. The number of pyridine rings is 1. The van der Waals surface area contributed by atoms with Gasteiger partial charge in [0.15, 0.2) is 6.10 Å². The van der Waals surface area contributed by atoms with E-state index in [9.17, 15) is 9.90 Å². The van der Waals surface area contributed by atoms with Crippen molar-refractivity contribution < 1.29 is 24.1 Å². The van der Waals surface area contributed by atoms with E-state index in [1.54, 1.807) is 0 Å². The van der Waals surface area contributed by atoms with Crippen LogP contribution in [-0.4, -0.2) is 64.5 Å². The lowest BCUT2D eigenvalue weighted by molar-refractivity contribution is -0.160. The predicted octanol–water partition coefficient (Wildman–Crippen LogP) is 6.53. The van der Waals surface area contributed by atoms with Gasteiger partial charge in [0.1, 0.15) is 5.75 Å². The van der Waals surface area contributed by atoms with Crippen molar-refractivity contribution in [3.8, 4) is 28.0 Å². The highest BCUT2D eigenvalue weighted by atomic mass is 16.5. The maximum atomic E-state index is 12.9. The van der Waals surface area contributed by atoms with Crippen molar-refractivity contribution in [2.24, 2.45) is 0 Å². The Kier molecular flexibility index (Phi) is 7.38. The maximum Gasteiger partial charge on any atom is 0.337 e. The van der Waals surface area contributed by atoms with E-state index in [0.717, 1.165) is 74.8 Å². The van der Waals surface area contributed by atoms with Crippen molar-refractivity contribution >= 4 is 33.6 Å². The summed E-state index contributed by atoms with van der Waals surface area (Å²) < 4.78 is 17.7. The molecule has 2 aromatic heterocycles. The van der Waals surface area contributed by atoms with Crippen LogP contribution in [0.25, 0.3) is 43.9 Å². The third kappa shape index (κ3) is 5.47. The normalized spacial score (nSPS) is 15.7. The van der Waals surface area contributed by atoms with Crippen LogP contribution in [0.1, 0.15) is 43.6 Å². The van der Waals surface area contributed by atoms with Crippen molar-refractivity contribution in [3.05, 3.63) is 77.7 Å². The molecule has 1 atom stereocenters. The zero-order chi connectivity index (χ0) is 31.3. The third-order valence-electron chi connectivity index (χ3n) is 8.45. The van der Waals surface area contributed by atoms with Gasteiger partial charge >= 0.3 is 5.97 Å². The van der Waals surface area contributed by atoms with Gasteiger partial charge in [-0.25, -0.2) is 14.8 Å². The Hall–Kier alpha value is -4.60. The van der Waals surface area contributed by atoms with E-state index in [0.29, 0.717) is 31.3 Å². The summed E-state index contributed by atoms with van der Waals surface area (Å²) in [7, 11) is 0. The van der Waals surface area contributed by atoms with Crippen LogP contribution >= 0.6 is 0 Å². The number of rotatable bonds is 6. The smallest absolute Gasteiger partial charge is 0.337 e. The highest BCUT2D eigenvalue weighted by Gasteiger charge is 2.32.